The van der Waals surface area contributed by atoms with Gasteiger partial charge in [0.2, 0.25) is 0 Å². The number of pyridine rings is 2. The zero-order valence-electron chi connectivity index (χ0n) is 11.8. The van der Waals surface area contributed by atoms with Crippen LogP contribution in [0, 0.1) is 0 Å². The van der Waals surface area contributed by atoms with Crippen LogP contribution in [0.3, 0.4) is 0 Å². The van der Waals surface area contributed by atoms with Gasteiger partial charge in [-0.3, -0.25) is 14.8 Å². The molecule has 0 unspecified atom stereocenters. The van der Waals surface area contributed by atoms with Crippen LogP contribution in [0.25, 0.3) is 0 Å². The number of aromatic nitrogens is 2. The summed E-state index contributed by atoms with van der Waals surface area (Å²) in [6.07, 6.45) is 8.79. The van der Waals surface area contributed by atoms with Gasteiger partial charge in [-0.1, -0.05) is 0 Å². The molecule has 108 valence electrons. The molecule has 2 aromatic rings. The maximum absolute atomic E-state index is 12.3. The molecule has 1 aliphatic heterocycles. The van der Waals surface area contributed by atoms with Crippen molar-refractivity contribution in [2.24, 2.45) is 0 Å². The van der Waals surface area contributed by atoms with Gasteiger partial charge in [0.05, 0.1) is 11.3 Å². The van der Waals surface area contributed by atoms with Crippen LogP contribution >= 0.6 is 0 Å². The van der Waals surface area contributed by atoms with Crippen molar-refractivity contribution in [2.75, 3.05) is 18.4 Å². The molecular weight excluding hydrogens is 264 g/mol. The molecule has 5 nitrogen and oxygen atoms in total. The lowest BCUT2D eigenvalue weighted by Crippen LogP contribution is -2.42. The molecule has 0 aliphatic carbocycles. The summed E-state index contributed by atoms with van der Waals surface area (Å²) >= 11 is 0. The molecule has 21 heavy (non-hydrogen) atoms. The van der Waals surface area contributed by atoms with E-state index in [1.807, 2.05) is 29.3 Å². The van der Waals surface area contributed by atoms with Gasteiger partial charge in [-0.15, -0.1) is 0 Å². The summed E-state index contributed by atoms with van der Waals surface area (Å²) in [6, 6.07) is 7.94. The molecule has 3 heterocycles. The first-order valence-electron chi connectivity index (χ1n) is 7.19. The third-order valence-corrected chi connectivity index (χ3v) is 3.72. The lowest BCUT2D eigenvalue weighted by atomic mass is 10.0. The highest BCUT2D eigenvalue weighted by atomic mass is 16.2. The van der Waals surface area contributed by atoms with Crippen LogP contribution < -0.4 is 5.32 Å². The van der Waals surface area contributed by atoms with Crippen LogP contribution in [0.4, 0.5) is 5.69 Å². The van der Waals surface area contributed by atoms with Crippen molar-refractivity contribution in [2.45, 2.75) is 18.9 Å². The Hall–Kier alpha value is -2.43. The lowest BCUT2D eigenvalue weighted by molar-refractivity contribution is 0.0718. The van der Waals surface area contributed by atoms with Crippen LogP contribution in [0.1, 0.15) is 23.2 Å². The fourth-order valence-corrected chi connectivity index (χ4v) is 2.58. The minimum absolute atomic E-state index is 0.0722. The van der Waals surface area contributed by atoms with Crippen molar-refractivity contribution >= 4 is 11.6 Å². The predicted molar refractivity (Wildman–Crippen MR) is 81.0 cm³/mol. The van der Waals surface area contributed by atoms with E-state index in [1.165, 1.54) is 0 Å². The second-order valence-electron chi connectivity index (χ2n) is 5.19. The second kappa shape index (κ2) is 6.35. The van der Waals surface area contributed by atoms with E-state index in [1.54, 1.807) is 24.7 Å². The lowest BCUT2D eigenvalue weighted by Gasteiger charge is -2.32. The van der Waals surface area contributed by atoms with E-state index in [0.29, 0.717) is 11.6 Å². The molecule has 1 amide bonds. The molecule has 0 saturated carbocycles. The molecule has 1 aliphatic rings. The van der Waals surface area contributed by atoms with E-state index in [4.69, 9.17) is 0 Å². The Morgan fingerprint density at radius 2 is 1.81 bits per heavy atom. The zero-order valence-corrected chi connectivity index (χ0v) is 11.8. The minimum atomic E-state index is 0.0722. The number of nitrogens with zero attached hydrogens (tertiary/aromatic N) is 3. The van der Waals surface area contributed by atoms with Crippen molar-refractivity contribution in [3.05, 3.63) is 54.6 Å². The number of likely N-dealkylation sites (tertiary alicyclic amines) is 1. The standard InChI is InChI=1S/C16H18N4O/c21-16(13-3-1-7-17-11-13)20-9-5-14(6-10-20)19-15-4-2-8-18-12-15/h1-4,7-8,11-12,14,19H,5-6,9-10H2. The molecule has 2 aromatic heterocycles. The largest absolute Gasteiger partial charge is 0.381 e. The monoisotopic (exact) mass is 282 g/mol. The summed E-state index contributed by atoms with van der Waals surface area (Å²) in [7, 11) is 0. The van der Waals surface area contributed by atoms with E-state index in [-0.39, 0.29) is 5.91 Å². The van der Waals surface area contributed by atoms with Gasteiger partial charge in [0, 0.05) is 43.9 Å². The first-order valence-corrected chi connectivity index (χ1v) is 7.19. The third kappa shape index (κ3) is 3.37. The van der Waals surface area contributed by atoms with Crippen molar-refractivity contribution in [1.82, 2.24) is 14.9 Å². The molecular formula is C16H18N4O. The van der Waals surface area contributed by atoms with Gasteiger partial charge in [-0.25, -0.2) is 0 Å². The number of hydrogen-bond donors (Lipinski definition) is 1. The van der Waals surface area contributed by atoms with Crippen LogP contribution in [0.5, 0.6) is 0 Å². The third-order valence-electron chi connectivity index (χ3n) is 3.72. The van der Waals surface area contributed by atoms with Crippen molar-refractivity contribution < 1.29 is 4.79 Å². The number of piperidine rings is 1. The average Bonchev–Trinajstić information content (AvgIpc) is 2.57. The van der Waals surface area contributed by atoms with Gasteiger partial charge < -0.3 is 10.2 Å². The highest BCUT2D eigenvalue weighted by molar-refractivity contribution is 5.93. The summed E-state index contributed by atoms with van der Waals surface area (Å²) < 4.78 is 0. The summed E-state index contributed by atoms with van der Waals surface area (Å²) in [5, 5.41) is 3.47. The van der Waals surface area contributed by atoms with Crippen LogP contribution in [-0.4, -0.2) is 39.9 Å². The summed E-state index contributed by atoms with van der Waals surface area (Å²) in [6.45, 7) is 1.54. The number of amides is 1. The fourth-order valence-electron chi connectivity index (χ4n) is 2.58. The van der Waals surface area contributed by atoms with Crippen LogP contribution in [0.15, 0.2) is 49.1 Å². The summed E-state index contributed by atoms with van der Waals surface area (Å²) in [5.41, 5.74) is 1.70. The zero-order chi connectivity index (χ0) is 14.5. The molecule has 5 heteroatoms. The summed E-state index contributed by atoms with van der Waals surface area (Å²) in [5.74, 6) is 0.0722. The van der Waals surface area contributed by atoms with Gasteiger partial charge >= 0.3 is 0 Å². The van der Waals surface area contributed by atoms with Gasteiger partial charge in [0.15, 0.2) is 0 Å². The smallest absolute Gasteiger partial charge is 0.255 e. The minimum Gasteiger partial charge on any atom is -0.381 e. The predicted octanol–water partition coefficient (Wildman–Crippen LogP) is 2.19. The molecule has 1 fully saturated rings. The van der Waals surface area contributed by atoms with Crippen molar-refractivity contribution in [1.29, 1.82) is 0 Å². The molecule has 0 bridgehead atoms. The topological polar surface area (TPSA) is 58.1 Å². The summed E-state index contributed by atoms with van der Waals surface area (Å²) in [4.78, 5) is 22.3. The average molecular weight is 282 g/mol. The Kier molecular flexibility index (Phi) is 4.09. The first-order chi connectivity index (χ1) is 10.3. The number of rotatable bonds is 3. The molecule has 0 aromatic carbocycles. The van der Waals surface area contributed by atoms with Gasteiger partial charge in [-0.2, -0.15) is 0 Å². The number of nitrogens with one attached hydrogen (secondary N) is 1. The number of hydrogen-bond acceptors (Lipinski definition) is 4. The molecule has 0 radical (unpaired) electrons. The van der Waals surface area contributed by atoms with Crippen LogP contribution in [-0.2, 0) is 0 Å². The number of carbonyl (C=O) groups excluding carboxylic acids is 1. The number of anilines is 1. The second-order valence-corrected chi connectivity index (χ2v) is 5.19. The maximum atomic E-state index is 12.3. The Morgan fingerprint density at radius 3 is 2.43 bits per heavy atom. The molecule has 0 spiro atoms. The van der Waals surface area contributed by atoms with Gasteiger partial charge in [-0.05, 0) is 37.1 Å². The van der Waals surface area contributed by atoms with E-state index in [2.05, 4.69) is 15.3 Å². The van der Waals surface area contributed by atoms with E-state index >= 15 is 0 Å². The van der Waals surface area contributed by atoms with E-state index in [9.17, 15) is 4.79 Å². The highest BCUT2D eigenvalue weighted by Crippen LogP contribution is 2.17. The Bertz CT molecular complexity index is 580. The van der Waals surface area contributed by atoms with Gasteiger partial charge in [0.1, 0.15) is 0 Å². The normalized spacial score (nSPS) is 15.7. The quantitative estimate of drug-likeness (QED) is 0.937. The first kappa shape index (κ1) is 13.5. The molecule has 1 saturated heterocycles. The molecule has 0 atom stereocenters. The van der Waals surface area contributed by atoms with Gasteiger partial charge in [0.25, 0.3) is 5.91 Å². The molecule has 1 N–H and O–H groups in total. The SMILES string of the molecule is O=C(c1cccnc1)N1CCC(Nc2cccnc2)CC1. The maximum Gasteiger partial charge on any atom is 0.255 e. The number of carbonyl (C=O) groups is 1. The molecule has 3 rings (SSSR count). The Labute approximate surface area is 124 Å². The Balaban J connectivity index is 1.54. The highest BCUT2D eigenvalue weighted by Gasteiger charge is 2.23. The van der Waals surface area contributed by atoms with Crippen molar-refractivity contribution in [3.8, 4) is 0 Å². The Morgan fingerprint density at radius 1 is 1.10 bits per heavy atom. The van der Waals surface area contributed by atoms with E-state index in [0.717, 1.165) is 31.6 Å². The van der Waals surface area contributed by atoms with E-state index < -0.39 is 0 Å². The van der Waals surface area contributed by atoms with Crippen LogP contribution in [0.2, 0.25) is 0 Å². The fraction of sp³-hybridized carbons (Fsp3) is 0.312. The van der Waals surface area contributed by atoms with Crippen molar-refractivity contribution in [3.63, 3.8) is 0 Å².